The summed E-state index contributed by atoms with van der Waals surface area (Å²) in [6, 6.07) is 3.27. The van der Waals surface area contributed by atoms with Gasteiger partial charge in [-0.25, -0.2) is 4.79 Å². The van der Waals surface area contributed by atoms with Gasteiger partial charge in [0.25, 0.3) is 0 Å². The molecule has 0 saturated heterocycles. The number of nitrogens with zero attached hydrogens (tertiary/aromatic N) is 1. The van der Waals surface area contributed by atoms with Gasteiger partial charge in [0.15, 0.2) is 0 Å². The van der Waals surface area contributed by atoms with Crippen molar-refractivity contribution in [3.8, 4) is 0 Å². The van der Waals surface area contributed by atoms with E-state index in [0.29, 0.717) is 12.0 Å². The van der Waals surface area contributed by atoms with Crippen molar-refractivity contribution in [3.05, 3.63) is 34.9 Å². The number of carbonyl (C=O) groups excluding carboxylic acids is 4. The second kappa shape index (κ2) is 14.6. The van der Waals surface area contributed by atoms with Gasteiger partial charge < -0.3 is 26.0 Å². The Balaban J connectivity index is 3.53. The molecule has 9 heteroatoms. The van der Waals surface area contributed by atoms with Gasteiger partial charge in [0.2, 0.25) is 17.7 Å². The number of primary amides is 1. The summed E-state index contributed by atoms with van der Waals surface area (Å²) in [5, 5.41) is 5.44. The molecule has 0 radical (unpaired) electrons. The molecule has 37 heavy (non-hydrogen) atoms. The number of amides is 4. The second-order valence-electron chi connectivity index (χ2n) is 10.9. The van der Waals surface area contributed by atoms with Crippen molar-refractivity contribution in [2.75, 3.05) is 6.54 Å². The van der Waals surface area contributed by atoms with Gasteiger partial charge in [-0.2, -0.15) is 0 Å². The Hall–Kier alpha value is -3.10. The first-order valence-corrected chi connectivity index (χ1v) is 13.1. The lowest BCUT2D eigenvalue weighted by Gasteiger charge is -2.35. The van der Waals surface area contributed by atoms with Gasteiger partial charge in [0.1, 0.15) is 17.7 Å². The number of benzene rings is 1. The Labute approximate surface area is 221 Å². The van der Waals surface area contributed by atoms with Gasteiger partial charge in [0.05, 0.1) is 6.42 Å². The minimum absolute atomic E-state index is 0.153. The topological polar surface area (TPSA) is 131 Å². The van der Waals surface area contributed by atoms with Crippen LogP contribution in [0.5, 0.6) is 0 Å². The van der Waals surface area contributed by atoms with Crippen LogP contribution in [0.1, 0.15) is 96.4 Å². The Morgan fingerprint density at radius 2 is 1.65 bits per heavy atom. The summed E-state index contributed by atoms with van der Waals surface area (Å²) >= 11 is 0. The van der Waals surface area contributed by atoms with Crippen molar-refractivity contribution in [3.63, 3.8) is 0 Å². The molecule has 4 amide bonds. The van der Waals surface area contributed by atoms with Crippen molar-refractivity contribution < 1.29 is 23.9 Å². The van der Waals surface area contributed by atoms with E-state index >= 15 is 0 Å². The molecule has 208 valence electrons. The van der Waals surface area contributed by atoms with Crippen LogP contribution >= 0.6 is 0 Å². The molecule has 4 N–H and O–H groups in total. The number of nitrogens with two attached hydrogens (primary N) is 1. The predicted molar refractivity (Wildman–Crippen MR) is 145 cm³/mol. The minimum Gasteiger partial charge on any atom is -0.444 e. The zero-order valence-electron chi connectivity index (χ0n) is 23.8. The third-order valence-corrected chi connectivity index (χ3v) is 5.77. The SMILES string of the molecule is CCCCCCN(C(=O)C(CC(N)=O)NC(=O)OC(C)(C)C)C(C(=O)NC(C)C)c1ccc(C)c(C)c1. The Morgan fingerprint density at radius 3 is 2.16 bits per heavy atom. The average molecular weight is 519 g/mol. The summed E-state index contributed by atoms with van der Waals surface area (Å²) in [6.07, 6.45) is 2.25. The van der Waals surface area contributed by atoms with Crippen molar-refractivity contribution in [2.45, 2.75) is 111 Å². The molecular formula is C28H46N4O5. The molecule has 0 aromatic heterocycles. The van der Waals surface area contributed by atoms with E-state index in [1.165, 1.54) is 4.90 Å². The largest absolute Gasteiger partial charge is 0.444 e. The molecule has 1 rings (SSSR count). The summed E-state index contributed by atoms with van der Waals surface area (Å²) in [4.78, 5) is 53.4. The lowest BCUT2D eigenvalue weighted by molar-refractivity contribution is -0.143. The highest BCUT2D eigenvalue weighted by Crippen LogP contribution is 2.26. The third-order valence-electron chi connectivity index (χ3n) is 5.77. The molecule has 0 aliphatic rings. The molecule has 0 aliphatic heterocycles. The number of unbranched alkanes of at least 4 members (excludes halogenated alkanes) is 3. The van der Waals surface area contributed by atoms with Crippen LogP contribution in [-0.4, -0.2) is 52.9 Å². The zero-order chi connectivity index (χ0) is 28.3. The Morgan fingerprint density at radius 1 is 1.00 bits per heavy atom. The Kier molecular flexibility index (Phi) is 12.6. The maximum atomic E-state index is 14.0. The smallest absolute Gasteiger partial charge is 0.408 e. The Bertz CT molecular complexity index is 939. The van der Waals surface area contributed by atoms with E-state index in [9.17, 15) is 19.2 Å². The van der Waals surface area contributed by atoms with Gasteiger partial charge >= 0.3 is 6.09 Å². The molecule has 0 spiro atoms. The molecule has 0 saturated carbocycles. The summed E-state index contributed by atoms with van der Waals surface area (Å²) < 4.78 is 5.31. The third kappa shape index (κ3) is 11.2. The zero-order valence-corrected chi connectivity index (χ0v) is 23.8. The molecule has 0 heterocycles. The second-order valence-corrected chi connectivity index (χ2v) is 10.9. The normalized spacial score (nSPS) is 13.0. The van der Waals surface area contributed by atoms with Gasteiger partial charge in [-0.1, -0.05) is 44.4 Å². The molecule has 2 atom stereocenters. The van der Waals surface area contributed by atoms with E-state index in [4.69, 9.17) is 10.5 Å². The van der Waals surface area contributed by atoms with E-state index in [1.54, 1.807) is 20.8 Å². The van der Waals surface area contributed by atoms with Crippen LogP contribution in [0.3, 0.4) is 0 Å². The number of alkyl carbamates (subject to hydrolysis) is 1. The van der Waals surface area contributed by atoms with Gasteiger partial charge in [-0.3, -0.25) is 14.4 Å². The number of carbonyl (C=O) groups is 4. The molecule has 1 aromatic carbocycles. The van der Waals surface area contributed by atoms with Crippen LogP contribution in [0.4, 0.5) is 4.79 Å². The lowest BCUT2D eigenvalue weighted by atomic mass is 9.97. The maximum Gasteiger partial charge on any atom is 0.408 e. The fourth-order valence-electron chi connectivity index (χ4n) is 3.90. The lowest BCUT2D eigenvalue weighted by Crippen LogP contribution is -2.54. The fraction of sp³-hybridized carbons (Fsp3) is 0.643. The molecule has 0 aliphatic carbocycles. The number of rotatable bonds is 13. The van der Waals surface area contributed by atoms with Crippen LogP contribution in [0.2, 0.25) is 0 Å². The quantitative estimate of drug-likeness (QED) is 0.339. The van der Waals surface area contributed by atoms with Crippen molar-refractivity contribution >= 4 is 23.8 Å². The highest BCUT2D eigenvalue weighted by atomic mass is 16.6. The molecule has 0 fully saturated rings. The van der Waals surface area contributed by atoms with Gasteiger partial charge in [-0.15, -0.1) is 0 Å². The van der Waals surface area contributed by atoms with Gasteiger partial charge in [-0.05, 0) is 71.6 Å². The first-order chi connectivity index (χ1) is 17.2. The standard InChI is InChI=1S/C28H46N4O5/c1-9-10-11-12-15-32(26(35)22(17-23(29)33)31-27(36)37-28(6,7)8)24(25(34)30-18(2)3)21-14-13-19(4)20(5)16-21/h13-14,16,18,22,24H,9-12,15,17H2,1-8H3,(H2,29,33)(H,30,34)(H,31,36). The van der Waals surface area contributed by atoms with Crippen molar-refractivity contribution in [1.29, 1.82) is 0 Å². The number of hydrogen-bond acceptors (Lipinski definition) is 5. The molecule has 2 unspecified atom stereocenters. The van der Waals surface area contributed by atoms with Gasteiger partial charge in [0, 0.05) is 12.6 Å². The summed E-state index contributed by atoms with van der Waals surface area (Å²) in [7, 11) is 0. The number of nitrogens with one attached hydrogen (secondary N) is 2. The summed E-state index contributed by atoms with van der Waals surface area (Å²) in [6.45, 7) is 15.1. The highest BCUT2D eigenvalue weighted by Gasteiger charge is 2.37. The molecule has 1 aromatic rings. The first-order valence-electron chi connectivity index (χ1n) is 13.1. The monoisotopic (exact) mass is 518 g/mol. The van der Waals surface area contributed by atoms with E-state index in [1.807, 2.05) is 45.9 Å². The van der Waals surface area contributed by atoms with Crippen LogP contribution < -0.4 is 16.4 Å². The van der Waals surface area contributed by atoms with Crippen LogP contribution in [0.25, 0.3) is 0 Å². The number of hydrogen-bond donors (Lipinski definition) is 3. The number of aryl methyl sites for hydroxylation is 2. The summed E-state index contributed by atoms with van der Waals surface area (Å²) in [5.41, 5.74) is 7.34. The number of ether oxygens (including phenoxy) is 1. The van der Waals surface area contributed by atoms with E-state index in [-0.39, 0.29) is 18.5 Å². The molecule has 0 bridgehead atoms. The van der Waals surface area contributed by atoms with E-state index < -0.39 is 42.0 Å². The van der Waals surface area contributed by atoms with Crippen molar-refractivity contribution in [1.82, 2.24) is 15.5 Å². The molecule has 9 nitrogen and oxygen atoms in total. The van der Waals surface area contributed by atoms with Crippen LogP contribution in [0.15, 0.2) is 18.2 Å². The average Bonchev–Trinajstić information content (AvgIpc) is 2.75. The summed E-state index contributed by atoms with van der Waals surface area (Å²) in [5.74, 6) is -1.66. The first kappa shape index (κ1) is 31.9. The van der Waals surface area contributed by atoms with E-state index in [2.05, 4.69) is 17.6 Å². The van der Waals surface area contributed by atoms with E-state index in [0.717, 1.165) is 30.4 Å². The molecular weight excluding hydrogens is 472 g/mol. The van der Waals surface area contributed by atoms with Crippen molar-refractivity contribution in [2.24, 2.45) is 5.73 Å². The van der Waals surface area contributed by atoms with Crippen LogP contribution in [0, 0.1) is 13.8 Å². The minimum atomic E-state index is -1.28. The maximum absolute atomic E-state index is 14.0. The fourth-order valence-corrected chi connectivity index (χ4v) is 3.90. The van der Waals surface area contributed by atoms with Crippen LogP contribution in [-0.2, 0) is 19.1 Å². The predicted octanol–water partition coefficient (Wildman–Crippen LogP) is 4.05. The highest BCUT2D eigenvalue weighted by molar-refractivity contribution is 5.94.